The molecule has 2 nitrogen and oxygen atoms in total. The smallest absolute Gasteiger partial charge is 0.0929 e. The molecule has 10 heavy (non-hydrogen) atoms. The van der Waals surface area contributed by atoms with Gasteiger partial charge in [0.1, 0.15) is 0 Å². The van der Waals surface area contributed by atoms with Gasteiger partial charge >= 0.3 is 0 Å². The molecule has 0 saturated carbocycles. The van der Waals surface area contributed by atoms with Gasteiger partial charge in [0.15, 0.2) is 0 Å². The molecule has 0 amide bonds. The minimum absolute atomic E-state index is 0.368. The zero-order valence-electron chi connectivity index (χ0n) is 6.64. The monoisotopic (exact) mass is 144 g/mol. The fourth-order valence-electron chi connectivity index (χ4n) is 1.24. The molecular weight excluding hydrogens is 128 g/mol. The van der Waals surface area contributed by atoms with Crippen LogP contribution in [-0.2, 0) is 9.78 Å². The topological polar surface area (TPSA) is 18.5 Å². The van der Waals surface area contributed by atoms with Crippen molar-refractivity contribution < 1.29 is 9.78 Å². The lowest BCUT2D eigenvalue weighted by Gasteiger charge is -2.10. The molecule has 0 radical (unpaired) electrons. The van der Waals surface area contributed by atoms with Crippen LogP contribution >= 0.6 is 0 Å². The normalized spacial score (nSPS) is 27.9. The predicted octanol–water partition coefficient (Wildman–Crippen LogP) is 2.29. The summed E-state index contributed by atoms with van der Waals surface area (Å²) in [7, 11) is 0. The summed E-state index contributed by atoms with van der Waals surface area (Å²) in [5.74, 6) is 0. The van der Waals surface area contributed by atoms with Crippen molar-refractivity contribution in [1.82, 2.24) is 0 Å². The average molecular weight is 144 g/mol. The van der Waals surface area contributed by atoms with Crippen LogP contribution in [0.2, 0.25) is 0 Å². The molecule has 60 valence electrons. The molecule has 0 bridgehead atoms. The Kier molecular flexibility index (Phi) is 3.76. The lowest BCUT2D eigenvalue weighted by atomic mass is 10.1. The van der Waals surface area contributed by atoms with Crippen LogP contribution in [0.4, 0.5) is 0 Å². The molecule has 0 aromatic rings. The zero-order valence-corrected chi connectivity index (χ0v) is 6.64. The van der Waals surface area contributed by atoms with Gasteiger partial charge in [0.05, 0.1) is 12.7 Å². The third kappa shape index (κ3) is 2.67. The Labute approximate surface area is 62.4 Å². The fourth-order valence-corrected chi connectivity index (χ4v) is 1.24. The van der Waals surface area contributed by atoms with Gasteiger partial charge in [-0.3, -0.25) is 0 Å². The van der Waals surface area contributed by atoms with Crippen molar-refractivity contribution in [3.05, 3.63) is 0 Å². The Morgan fingerprint density at radius 2 is 2.30 bits per heavy atom. The minimum atomic E-state index is 0.368. The van der Waals surface area contributed by atoms with Crippen LogP contribution in [-0.4, -0.2) is 12.7 Å². The molecule has 1 saturated heterocycles. The standard InChI is InChI=1S/C8H16O2/c1-2-5-8-6-3-4-7-9-10-8/h8H,2-7H2,1H3. The van der Waals surface area contributed by atoms with E-state index in [0.29, 0.717) is 6.10 Å². The van der Waals surface area contributed by atoms with Gasteiger partial charge in [0.2, 0.25) is 0 Å². The van der Waals surface area contributed by atoms with E-state index in [4.69, 9.17) is 9.78 Å². The van der Waals surface area contributed by atoms with E-state index in [1.807, 2.05) is 0 Å². The van der Waals surface area contributed by atoms with Crippen LogP contribution in [0.1, 0.15) is 39.0 Å². The highest BCUT2D eigenvalue weighted by Crippen LogP contribution is 2.14. The number of hydrogen-bond donors (Lipinski definition) is 0. The summed E-state index contributed by atoms with van der Waals surface area (Å²) in [4.78, 5) is 10.1. The van der Waals surface area contributed by atoms with E-state index in [2.05, 4.69) is 6.92 Å². The highest BCUT2D eigenvalue weighted by molar-refractivity contribution is 4.57. The first-order valence-corrected chi connectivity index (χ1v) is 4.21. The van der Waals surface area contributed by atoms with Crippen molar-refractivity contribution in [3.8, 4) is 0 Å². The van der Waals surface area contributed by atoms with Gasteiger partial charge in [-0.25, -0.2) is 9.78 Å². The Morgan fingerprint density at radius 1 is 1.40 bits per heavy atom. The third-order valence-corrected chi connectivity index (χ3v) is 1.82. The molecule has 1 fully saturated rings. The maximum Gasteiger partial charge on any atom is 0.0929 e. The van der Waals surface area contributed by atoms with Crippen molar-refractivity contribution in [2.45, 2.75) is 45.1 Å². The maximum absolute atomic E-state index is 5.14. The van der Waals surface area contributed by atoms with Crippen molar-refractivity contribution in [3.63, 3.8) is 0 Å². The largest absolute Gasteiger partial charge is 0.236 e. The summed E-state index contributed by atoms with van der Waals surface area (Å²) >= 11 is 0. The second-order valence-electron chi connectivity index (χ2n) is 2.82. The van der Waals surface area contributed by atoms with Crippen molar-refractivity contribution in [2.75, 3.05) is 6.61 Å². The van der Waals surface area contributed by atoms with Gasteiger partial charge in [-0.15, -0.1) is 0 Å². The van der Waals surface area contributed by atoms with Crippen LogP contribution in [0, 0.1) is 0 Å². The molecule has 0 aromatic heterocycles. The molecule has 0 N–H and O–H groups in total. The van der Waals surface area contributed by atoms with E-state index in [9.17, 15) is 0 Å². The van der Waals surface area contributed by atoms with Gasteiger partial charge in [0, 0.05) is 0 Å². The Bertz CT molecular complexity index is 75.3. The average Bonchev–Trinajstić information content (AvgIpc) is 2.17. The van der Waals surface area contributed by atoms with E-state index in [-0.39, 0.29) is 0 Å². The Balaban J connectivity index is 2.15. The van der Waals surface area contributed by atoms with Gasteiger partial charge in [0.25, 0.3) is 0 Å². The summed E-state index contributed by atoms with van der Waals surface area (Å²) in [6.07, 6.45) is 6.28. The Hall–Kier alpha value is -0.0800. The van der Waals surface area contributed by atoms with E-state index >= 15 is 0 Å². The van der Waals surface area contributed by atoms with Crippen molar-refractivity contribution >= 4 is 0 Å². The molecule has 1 heterocycles. The van der Waals surface area contributed by atoms with E-state index in [0.717, 1.165) is 19.4 Å². The summed E-state index contributed by atoms with van der Waals surface area (Å²) in [6.45, 7) is 2.95. The van der Waals surface area contributed by atoms with E-state index in [1.165, 1.54) is 19.3 Å². The minimum Gasteiger partial charge on any atom is -0.236 e. The first-order chi connectivity index (χ1) is 4.93. The Morgan fingerprint density at radius 3 is 3.10 bits per heavy atom. The second kappa shape index (κ2) is 4.69. The predicted molar refractivity (Wildman–Crippen MR) is 39.6 cm³/mol. The maximum atomic E-state index is 5.14. The molecule has 1 aliphatic rings. The molecule has 2 heteroatoms. The quantitative estimate of drug-likeness (QED) is 0.553. The van der Waals surface area contributed by atoms with E-state index < -0.39 is 0 Å². The van der Waals surface area contributed by atoms with E-state index in [1.54, 1.807) is 0 Å². The third-order valence-electron chi connectivity index (χ3n) is 1.82. The lowest BCUT2D eigenvalue weighted by Crippen LogP contribution is -2.09. The summed E-state index contributed by atoms with van der Waals surface area (Å²) in [6, 6.07) is 0. The van der Waals surface area contributed by atoms with Crippen LogP contribution in [0.3, 0.4) is 0 Å². The summed E-state index contributed by atoms with van der Waals surface area (Å²) in [5, 5.41) is 0. The van der Waals surface area contributed by atoms with Crippen LogP contribution in [0.5, 0.6) is 0 Å². The molecule has 1 atom stereocenters. The second-order valence-corrected chi connectivity index (χ2v) is 2.82. The molecule has 1 unspecified atom stereocenters. The van der Waals surface area contributed by atoms with Crippen molar-refractivity contribution in [2.24, 2.45) is 0 Å². The fraction of sp³-hybridized carbons (Fsp3) is 1.00. The number of hydrogen-bond acceptors (Lipinski definition) is 2. The number of rotatable bonds is 2. The van der Waals surface area contributed by atoms with Gasteiger partial charge in [-0.1, -0.05) is 13.3 Å². The summed E-state index contributed by atoms with van der Waals surface area (Å²) in [5.41, 5.74) is 0. The lowest BCUT2D eigenvalue weighted by molar-refractivity contribution is -0.318. The first-order valence-electron chi connectivity index (χ1n) is 4.21. The van der Waals surface area contributed by atoms with Crippen LogP contribution in [0.15, 0.2) is 0 Å². The first kappa shape index (κ1) is 8.02. The molecule has 0 spiro atoms. The molecular formula is C8H16O2. The van der Waals surface area contributed by atoms with Crippen LogP contribution < -0.4 is 0 Å². The molecule has 0 aliphatic carbocycles. The molecule has 1 rings (SSSR count). The molecule has 0 aromatic carbocycles. The van der Waals surface area contributed by atoms with Gasteiger partial charge < -0.3 is 0 Å². The van der Waals surface area contributed by atoms with Crippen molar-refractivity contribution in [1.29, 1.82) is 0 Å². The summed E-state index contributed by atoms with van der Waals surface area (Å²) < 4.78 is 0. The van der Waals surface area contributed by atoms with Crippen LogP contribution in [0.25, 0.3) is 0 Å². The zero-order chi connectivity index (χ0) is 7.23. The van der Waals surface area contributed by atoms with Gasteiger partial charge in [-0.05, 0) is 25.7 Å². The van der Waals surface area contributed by atoms with Gasteiger partial charge in [-0.2, -0.15) is 0 Å². The molecule has 1 aliphatic heterocycles. The highest BCUT2D eigenvalue weighted by Gasteiger charge is 2.11. The SMILES string of the molecule is CCCC1CCCCOO1. The highest BCUT2D eigenvalue weighted by atomic mass is 17.2.